The van der Waals surface area contributed by atoms with Crippen LogP contribution in [0.15, 0.2) is 0 Å². The molecule has 21 heavy (non-hydrogen) atoms. The van der Waals surface area contributed by atoms with Gasteiger partial charge >= 0.3 is 6.09 Å². The number of carbonyl (C=O) groups excluding carboxylic acids is 1. The summed E-state index contributed by atoms with van der Waals surface area (Å²) in [7, 11) is 0. The first-order valence-corrected chi connectivity index (χ1v) is 8.13. The monoisotopic (exact) mass is 300 g/mol. The predicted octanol–water partition coefficient (Wildman–Crippen LogP) is 2.79. The van der Waals surface area contributed by atoms with Crippen LogP contribution in [0, 0.1) is 0 Å². The Labute approximate surface area is 129 Å². The fourth-order valence-corrected chi connectivity index (χ4v) is 2.52. The van der Waals surface area contributed by atoms with E-state index < -0.39 is 5.60 Å². The third kappa shape index (κ3) is 7.67. The number of amides is 1. The zero-order valence-electron chi connectivity index (χ0n) is 14.3. The van der Waals surface area contributed by atoms with Crippen molar-refractivity contribution < 1.29 is 14.3 Å². The van der Waals surface area contributed by atoms with E-state index in [2.05, 4.69) is 12.2 Å². The number of hydrogen-bond donors (Lipinski definition) is 1. The quantitative estimate of drug-likeness (QED) is 0.848. The van der Waals surface area contributed by atoms with Crippen LogP contribution in [0.4, 0.5) is 4.79 Å². The molecule has 0 bridgehead atoms. The first-order valence-electron chi connectivity index (χ1n) is 8.13. The standard InChI is InChI=1S/C16H32N2O3/c1-6-20-12-13(2)17-14-9-7-8-10-18(11-14)15(19)21-16(3,4)5/h13-14,17H,6-12H2,1-5H3. The van der Waals surface area contributed by atoms with E-state index in [9.17, 15) is 4.79 Å². The Hall–Kier alpha value is -0.810. The summed E-state index contributed by atoms with van der Waals surface area (Å²) in [6.45, 7) is 12.8. The summed E-state index contributed by atoms with van der Waals surface area (Å²) in [6.07, 6.45) is 3.07. The molecule has 5 nitrogen and oxygen atoms in total. The Morgan fingerprint density at radius 1 is 1.38 bits per heavy atom. The lowest BCUT2D eigenvalue weighted by atomic mass is 10.1. The molecule has 1 heterocycles. The maximum Gasteiger partial charge on any atom is 0.410 e. The van der Waals surface area contributed by atoms with Crippen LogP contribution in [0.25, 0.3) is 0 Å². The van der Waals surface area contributed by atoms with Crippen LogP contribution in [0.5, 0.6) is 0 Å². The molecule has 1 aliphatic rings. The molecule has 5 heteroatoms. The molecule has 0 aromatic rings. The highest BCUT2D eigenvalue weighted by molar-refractivity contribution is 5.68. The van der Waals surface area contributed by atoms with Gasteiger partial charge in [-0.25, -0.2) is 4.79 Å². The zero-order valence-corrected chi connectivity index (χ0v) is 14.3. The number of nitrogens with zero attached hydrogens (tertiary/aromatic N) is 1. The Balaban J connectivity index is 2.50. The van der Waals surface area contributed by atoms with E-state index in [-0.39, 0.29) is 6.09 Å². The van der Waals surface area contributed by atoms with Gasteiger partial charge in [-0.1, -0.05) is 6.42 Å². The molecule has 0 aromatic carbocycles. The van der Waals surface area contributed by atoms with Gasteiger partial charge in [-0.3, -0.25) is 0 Å². The van der Waals surface area contributed by atoms with Gasteiger partial charge in [0.1, 0.15) is 5.60 Å². The lowest BCUT2D eigenvalue weighted by Crippen LogP contribution is -2.47. The van der Waals surface area contributed by atoms with Crippen LogP contribution in [0.2, 0.25) is 0 Å². The van der Waals surface area contributed by atoms with Crippen LogP contribution < -0.4 is 5.32 Å². The SMILES string of the molecule is CCOCC(C)NC1CCCCN(C(=O)OC(C)(C)C)C1. The van der Waals surface area contributed by atoms with Crippen molar-refractivity contribution in [3.8, 4) is 0 Å². The van der Waals surface area contributed by atoms with Crippen molar-refractivity contribution in [3.05, 3.63) is 0 Å². The zero-order chi connectivity index (χ0) is 15.9. The number of hydrogen-bond acceptors (Lipinski definition) is 4. The molecule has 0 spiro atoms. The van der Waals surface area contributed by atoms with Gasteiger partial charge in [-0.05, 0) is 47.5 Å². The van der Waals surface area contributed by atoms with Gasteiger partial charge in [-0.15, -0.1) is 0 Å². The number of ether oxygens (including phenoxy) is 2. The maximum atomic E-state index is 12.2. The van der Waals surface area contributed by atoms with E-state index in [1.54, 1.807) is 0 Å². The molecular weight excluding hydrogens is 268 g/mol. The molecule has 1 rings (SSSR count). The maximum absolute atomic E-state index is 12.2. The van der Waals surface area contributed by atoms with E-state index in [4.69, 9.17) is 9.47 Å². The topological polar surface area (TPSA) is 50.8 Å². The van der Waals surface area contributed by atoms with Crippen molar-refractivity contribution in [2.45, 2.75) is 71.6 Å². The Morgan fingerprint density at radius 3 is 2.71 bits per heavy atom. The van der Waals surface area contributed by atoms with Crippen molar-refractivity contribution in [2.75, 3.05) is 26.3 Å². The molecule has 0 saturated carbocycles. The van der Waals surface area contributed by atoms with Crippen LogP contribution in [0.1, 0.15) is 53.9 Å². The molecule has 124 valence electrons. The number of nitrogens with one attached hydrogen (secondary N) is 1. The summed E-state index contributed by atoms with van der Waals surface area (Å²) in [5.74, 6) is 0. The molecule has 0 radical (unpaired) electrons. The molecule has 0 aromatic heterocycles. The third-order valence-electron chi connectivity index (χ3n) is 3.42. The van der Waals surface area contributed by atoms with Crippen LogP contribution in [-0.2, 0) is 9.47 Å². The summed E-state index contributed by atoms with van der Waals surface area (Å²) in [4.78, 5) is 14.1. The number of likely N-dealkylation sites (tertiary alicyclic amines) is 1. The minimum atomic E-state index is -0.436. The van der Waals surface area contributed by atoms with E-state index in [0.717, 1.165) is 32.4 Å². The van der Waals surface area contributed by atoms with Crippen molar-refractivity contribution in [1.29, 1.82) is 0 Å². The molecule has 2 unspecified atom stereocenters. The van der Waals surface area contributed by atoms with Crippen LogP contribution in [0.3, 0.4) is 0 Å². The normalized spacial score (nSPS) is 21.8. The fourth-order valence-electron chi connectivity index (χ4n) is 2.52. The first-order chi connectivity index (χ1) is 9.81. The second-order valence-electron chi connectivity index (χ2n) is 6.85. The van der Waals surface area contributed by atoms with Gasteiger partial charge in [0.25, 0.3) is 0 Å². The van der Waals surface area contributed by atoms with Crippen molar-refractivity contribution in [2.24, 2.45) is 0 Å². The average Bonchev–Trinajstić information content (AvgIpc) is 2.60. The summed E-state index contributed by atoms with van der Waals surface area (Å²) in [6, 6.07) is 0.615. The highest BCUT2D eigenvalue weighted by Gasteiger charge is 2.26. The van der Waals surface area contributed by atoms with E-state index in [0.29, 0.717) is 25.2 Å². The van der Waals surface area contributed by atoms with E-state index >= 15 is 0 Å². The lowest BCUT2D eigenvalue weighted by molar-refractivity contribution is 0.0239. The second-order valence-corrected chi connectivity index (χ2v) is 6.85. The summed E-state index contributed by atoms with van der Waals surface area (Å²) >= 11 is 0. The number of carbonyl (C=O) groups is 1. The molecule has 1 fully saturated rings. The summed E-state index contributed by atoms with van der Waals surface area (Å²) in [5.41, 5.74) is -0.436. The largest absolute Gasteiger partial charge is 0.444 e. The van der Waals surface area contributed by atoms with Gasteiger partial charge in [0.15, 0.2) is 0 Å². The van der Waals surface area contributed by atoms with Gasteiger partial charge < -0.3 is 19.7 Å². The molecule has 1 N–H and O–H groups in total. The Kier molecular flexibility index (Phi) is 7.46. The highest BCUT2D eigenvalue weighted by Crippen LogP contribution is 2.15. The third-order valence-corrected chi connectivity index (χ3v) is 3.42. The molecule has 1 amide bonds. The van der Waals surface area contributed by atoms with Crippen molar-refractivity contribution >= 4 is 6.09 Å². The Morgan fingerprint density at radius 2 is 2.10 bits per heavy atom. The molecule has 1 saturated heterocycles. The van der Waals surface area contributed by atoms with Crippen molar-refractivity contribution in [1.82, 2.24) is 10.2 Å². The minimum Gasteiger partial charge on any atom is -0.444 e. The van der Waals surface area contributed by atoms with Crippen LogP contribution in [-0.4, -0.2) is 55.0 Å². The lowest BCUT2D eigenvalue weighted by Gasteiger charge is -2.29. The molecule has 1 aliphatic heterocycles. The molecular formula is C16H32N2O3. The van der Waals surface area contributed by atoms with Gasteiger partial charge in [0.05, 0.1) is 6.61 Å². The van der Waals surface area contributed by atoms with E-state index in [1.165, 1.54) is 0 Å². The molecule has 2 atom stereocenters. The number of rotatable bonds is 5. The summed E-state index contributed by atoms with van der Waals surface area (Å²) < 4.78 is 10.9. The van der Waals surface area contributed by atoms with Gasteiger partial charge in [-0.2, -0.15) is 0 Å². The fraction of sp³-hybridized carbons (Fsp3) is 0.938. The smallest absolute Gasteiger partial charge is 0.410 e. The predicted molar refractivity (Wildman–Crippen MR) is 84.5 cm³/mol. The Bertz CT molecular complexity index is 315. The average molecular weight is 300 g/mol. The van der Waals surface area contributed by atoms with Gasteiger partial charge in [0.2, 0.25) is 0 Å². The molecule has 0 aliphatic carbocycles. The summed E-state index contributed by atoms with van der Waals surface area (Å²) in [5, 5.41) is 3.57. The second kappa shape index (κ2) is 8.59. The minimum absolute atomic E-state index is 0.200. The van der Waals surface area contributed by atoms with Crippen LogP contribution >= 0.6 is 0 Å². The van der Waals surface area contributed by atoms with Gasteiger partial charge in [0, 0.05) is 31.8 Å². The highest BCUT2D eigenvalue weighted by atomic mass is 16.6. The van der Waals surface area contributed by atoms with E-state index in [1.807, 2.05) is 32.6 Å². The first kappa shape index (κ1) is 18.2. The van der Waals surface area contributed by atoms with Crippen molar-refractivity contribution in [3.63, 3.8) is 0 Å².